The lowest BCUT2D eigenvalue weighted by molar-refractivity contribution is -0.132. The average molecular weight is 444 g/mol. The molecule has 0 rings (SSSR count). The smallest absolute Gasteiger partial charge is 0.242 e. The molecule has 0 unspecified atom stereocenters. The SMILES string of the molecule is CC(C)C[C@H](NC(=O)[C@H](C)NC(=O)[C@@H](N)CC(C)C)C(=O)NCCC(=O)N[C@@H](C)CO. The highest BCUT2D eigenvalue weighted by Gasteiger charge is 2.26. The Morgan fingerprint density at radius 2 is 1.39 bits per heavy atom. The second-order valence-corrected chi connectivity index (χ2v) is 8.85. The van der Waals surface area contributed by atoms with Gasteiger partial charge in [0.2, 0.25) is 23.6 Å². The van der Waals surface area contributed by atoms with Gasteiger partial charge in [-0.25, -0.2) is 0 Å². The summed E-state index contributed by atoms with van der Waals surface area (Å²) in [5.74, 6) is -1.21. The molecule has 0 fully saturated rings. The van der Waals surface area contributed by atoms with Gasteiger partial charge in [0, 0.05) is 19.0 Å². The van der Waals surface area contributed by atoms with Crippen LogP contribution >= 0.6 is 0 Å². The van der Waals surface area contributed by atoms with Gasteiger partial charge in [-0.3, -0.25) is 19.2 Å². The van der Waals surface area contributed by atoms with E-state index in [-0.39, 0.29) is 43.4 Å². The summed E-state index contributed by atoms with van der Waals surface area (Å²) in [5, 5.41) is 19.4. The Hall–Kier alpha value is -2.20. The van der Waals surface area contributed by atoms with E-state index in [2.05, 4.69) is 21.3 Å². The minimum atomic E-state index is -0.848. The van der Waals surface area contributed by atoms with Crippen LogP contribution in [-0.2, 0) is 19.2 Å². The third-order valence-electron chi connectivity index (χ3n) is 4.49. The van der Waals surface area contributed by atoms with Gasteiger partial charge in [-0.2, -0.15) is 0 Å². The van der Waals surface area contributed by atoms with Crippen LogP contribution in [0.3, 0.4) is 0 Å². The van der Waals surface area contributed by atoms with Crippen molar-refractivity contribution in [3.63, 3.8) is 0 Å². The zero-order valence-electron chi connectivity index (χ0n) is 19.7. The first-order chi connectivity index (χ1) is 14.4. The lowest BCUT2D eigenvalue weighted by Crippen LogP contribution is -2.55. The molecule has 4 amide bonds. The highest BCUT2D eigenvalue weighted by molar-refractivity contribution is 5.92. The molecule has 0 aromatic carbocycles. The Morgan fingerprint density at radius 1 is 0.806 bits per heavy atom. The molecule has 0 saturated heterocycles. The molecule has 0 aromatic heterocycles. The van der Waals surface area contributed by atoms with E-state index in [0.29, 0.717) is 12.8 Å². The summed E-state index contributed by atoms with van der Waals surface area (Å²) in [7, 11) is 0. The molecule has 31 heavy (non-hydrogen) atoms. The van der Waals surface area contributed by atoms with Gasteiger partial charge in [0.05, 0.1) is 12.6 Å². The molecule has 0 aliphatic rings. The van der Waals surface area contributed by atoms with Crippen LogP contribution in [-0.4, -0.2) is 66.1 Å². The summed E-state index contributed by atoms with van der Waals surface area (Å²) in [6.07, 6.45) is 0.959. The summed E-state index contributed by atoms with van der Waals surface area (Å²) in [4.78, 5) is 48.9. The number of amides is 4. The number of aliphatic hydroxyl groups is 1. The largest absolute Gasteiger partial charge is 0.394 e. The zero-order chi connectivity index (χ0) is 24.1. The van der Waals surface area contributed by atoms with Gasteiger partial charge in [0.25, 0.3) is 0 Å². The first-order valence-corrected chi connectivity index (χ1v) is 10.9. The quantitative estimate of drug-likeness (QED) is 0.210. The molecule has 7 N–H and O–H groups in total. The molecular weight excluding hydrogens is 402 g/mol. The summed E-state index contributed by atoms with van der Waals surface area (Å²) in [6, 6.07) is -2.71. The van der Waals surface area contributed by atoms with Crippen LogP contribution < -0.4 is 27.0 Å². The second kappa shape index (κ2) is 14.7. The number of rotatable bonds is 14. The maximum atomic E-state index is 12.5. The van der Waals surface area contributed by atoms with Crippen LogP contribution in [0.15, 0.2) is 0 Å². The molecule has 4 atom stereocenters. The Labute approximate surface area is 185 Å². The number of hydrogen-bond donors (Lipinski definition) is 6. The van der Waals surface area contributed by atoms with Crippen molar-refractivity contribution >= 4 is 23.6 Å². The number of carbonyl (C=O) groups excluding carboxylic acids is 4. The van der Waals surface area contributed by atoms with Crippen LogP contribution in [0.4, 0.5) is 0 Å². The summed E-state index contributed by atoms with van der Waals surface area (Å²) in [5.41, 5.74) is 5.85. The van der Waals surface area contributed by atoms with Gasteiger partial charge in [-0.05, 0) is 38.5 Å². The highest BCUT2D eigenvalue weighted by Crippen LogP contribution is 2.06. The van der Waals surface area contributed by atoms with Crippen molar-refractivity contribution in [3.8, 4) is 0 Å². The third kappa shape index (κ3) is 13.0. The molecule has 0 saturated carbocycles. The Balaban J connectivity index is 4.74. The van der Waals surface area contributed by atoms with Crippen LogP contribution in [0.5, 0.6) is 0 Å². The normalized spacial score (nSPS) is 15.0. The first kappa shape index (κ1) is 28.8. The van der Waals surface area contributed by atoms with Crippen molar-refractivity contribution in [1.82, 2.24) is 21.3 Å². The first-order valence-electron chi connectivity index (χ1n) is 10.9. The van der Waals surface area contributed by atoms with Crippen LogP contribution in [0, 0.1) is 11.8 Å². The molecule has 0 bridgehead atoms. The fourth-order valence-electron chi connectivity index (χ4n) is 2.82. The average Bonchev–Trinajstić information content (AvgIpc) is 2.65. The summed E-state index contributed by atoms with van der Waals surface area (Å²) in [6.45, 7) is 10.9. The van der Waals surface area contributed by atoms with E-state index in [0.717, 1.165) is 0 Å². The summed E-state index contributed by atoms with van der Waals surface area (Å²) < 4.78 is 0. The lowest BCUT2D eigenvalue weighted by atomic mass is 10.0. The van der Waals surface area contributed by atoms with Crippen LogP contribution in [0.1, 0.15) is 60.8 Å². The summed E-state index contributed by atoms with van der Waals surface area (Å²) >= 11 is 0. The number of carbonyl (C=O) groups is 4. The molecule has 0 aromatic rings. The number of nitrogens with two attached hydrogens (primary N) is 1. The van der Waals surface area contributed by atoms with E-state index in [9.17, 15) is 19.2 Å². The van der Waals surface area contributed by atoms with E-state index in [4.69, 9.17) is 10.8 Å². The predicted molar refractivity (Wildman–Crippen MR) is 119 cm³/mol. The highest BCUT2D eigenvalue weighted by atomic mass is 16.3. The van der Waals surface area contributed by atoms with Gasteiger partial charge in [-0.15, -0.1) is 0 Å². The molecule has 0 heterocycles. The molecule has 0 aliphatic heterocycles. The zero-order valence-corrected chi connectivity index (χ0v) is 19.7. The molecular formula is C21H41N5O5. The van der Waals surface area contributed by atoms with Gasteiger partial charge < -0.3 is 32.1 Å². The van der Waals surface area contributed by atoms with E-state index in [1.165, 1.54) is 6.92 Å². The van der Waals surface area contributed by atoms with Crippen molar-refractivity contribution < 1.29 is 24.3 Å². The van der Waals surface area contributed by atoms with E-state index in [1.54, 1.807) is 6.92 Å². The fourth-order valence-corrected chi connectivity index (χ4v) is 2.82. The van der Waals surface area contributed by atoms with Gasteiger partial charge in [0.15, 0.2) is 0 Å². The van der Waals surface area contributed by atoms with Gasteiger partial charge >= 0.3 is 0 Å². The van der Waals surface area contributed by atoms with Gasteiger partial charge in [-0.1, -0.05) is 27.7 Å². The molecule has 180 valence electrons. The molecule has 10 nitrogen and oxygen atoms in total. The van der Waals surface area contributed by atoms with Crippen molar-refractivity contribution in [2.45, 2.75) is 85.0 Å². The Kier molecular flexibility index (Phi) is 13.7. The maximum absolute atomic E-state index is 12.5. The predicted octanol–water partition coefficient (Wildman–Crippen LogP) is -0.601. The van der Waals surface area contributed by atoms with Crippen LogP contribution in [0.2, 0.25) is 0 Å². The topological polar surface area (TPSA) is 163 Å². The third-order valence-corrected chi connectivity index (χ3v) is 4.49. The minimum Gasteiger partial charge on any atom is -0.394 e. The lowest BCUT2D eigenvalue weighted by Gasteiger charge is -2.23. The van der Waals surface area contributed by atoms with Crippen molar-refractivity contribution in [2.75, 3.05) is 13.2 Å². The van der Waals surface area contributed by atoms with Crippen molar-refractivity contribution in [2.24, 2.45) is 17.6 Å². The standard InChI is InChI=1S/C21H41N5O5/c1-12(2)9-16(22)20(30)25-15(6)19(29)26-17(10-13(3)4)21(31)23-8-7-18(28)24-14(5)11-27/h12-17,27H,7-11,22H2,1-6H3,(H,23,31)(H,24,28)(H,25,30)(H,26,29)/t14-,15-,16-,17-/m0/s1. The van der Waals surface area contributed by atoms with E-state index in [1.807, 2.05) is 27.7 Å². The number of hydrogen-bond acceptors (Lipinski definition) is 6. The minimum absolute atomic E-state index is 0.0542. The Bertz CT molecular complexity index is 597. The van der Waals surface area contributed by atoms with Crippen molar-refractivity contribution in [3.05, 3.63) is 0 Å². The molecule has 0 radical (unpaired) electrons. The fraction of sp³-hybridized carbons (Fsp3) is 0.810. The van der Waals surface area contributed by atoms with Crippen molar-refractivity contribution in [1.29, 1.82) is 0 Å². The monoisotopic (exact) mass is 443 g/mol. The van der Waals surface area contributed by atoms with E-state index < -0.39 is 35.8 Å². The molecule has 0 spiro atoms. The van der Waals surface area contributed by atoms with E-state index >= 15 is 0 Å². The Morgan fingerprint density at radius 3 is 1.90 bits per heavy atom. The number of nitrogens with one attached hydrogen (secondary N) is 4. The van der Waals surface area contributed by atoms with Crippen LogP contribution in [0.25, 0.3) is 0 Å². The van der Waals surface area contributed by atoms with Gasteiger partial charge in [0.1, 0.15) is 12.1 Å². The molecule has 10 heteroatoms. The maximum Gasteiger partial charge on any atom is 0.242 e. The molecule has 0 aliphatic carbocycles. The number of aliphatic hydroxyl groups excluding tert-OH is 1. The second-order valence-electron chi connectivity index (χ2n) is 8.85.